The van der Waals surface area contributed by atoms with Crippen molar-refractivity contribution < 1.29 is 0 Å². The molecule has 0 saturated carbocycles. The Hall–Kier alpha value is -0.890. The average Bonchev–Trinajstić information content (AvgIpc) is 2.33. The van der Waals surface area contributed by atoms with E-state index in [2.05, 4.69) is 62.6 Å². The fourth-order valence-corrected chi connectivity index (χ4v) is 3.67. The van der Waals surface area contributed by atoms with Crippen molar-refractivity contribution in [3.8, 4) is 0 Å². The number of hydrogen-bond donors (Lipinski definition) is 0. The first-order valence-corrected chi connectivity index (χ1v) is 7.00. The zero-order valence-electron chi connectivity index (χ0n) is 13.1. The number of rotatable bonds is 2. The van der Waals surface area contributed by atoms with Crippen molar-refractivity contribution in [3.63, 3.8) is 0 Å². The third kappa shape index (κ3) is 3.06. The molecule has 8 nitrogen and oxygen atoms in total. The molecule has 0 aromatic heterocycles. The summed E-state index contributed by atoms with van der Waals surface area (Å²) in [4.78, 5) is 14.5. The van der Waals surface area contributed by atoms with Crippen LogP contribution in [0.4, 0.5) is 0 Å². The number of nitrogens with zero attached hydrogens (tertiary/aromatic N) is 8. The minimum absolute atomic E-state index is 0.0845. The predicted molar refractivity (Wildman–Crippen MR) is 78.2 cm³/mol. The molecular formula is C12H26N8. The first-order valence-electron chi connectivity index (χ1n) is 7.00. The maximum absolute atomic E-state index is 8.79. The Kier molecular flexibility index (Phi) is 4.85. The van der Waals surface area contributed by atoms with Crippen LogP contribution in [0.1, 0.15) is 6.92 Å². The predicted octanol–water partition coefficient (Wildman–Crippen LogP) is 0.471. The van der Waals surface area contributed by atoms with Crippen molar-refractivity contribution in [1.82, 2.24) is 24.5 Å². The molecule has 0 N–H and O–H groups in total. The van der Waals surface area contributed by atoms with Gasteiger partial charge in [0.2, 0.25) is 0 Å². The van der Waals surface area contributed by atoms with Gasteiger partial charge in [0, 0.05) is 10.8 Å². The second kappa shape index (κ2) is 6.26. The summed E-state index contributed by atoms with van der Waals surface area (Å²) < 4.78 is 0. The van der Waals surface area contributed by atoms with Gasteiger partial charge in [0.25, 0.3) is 0 Å². The summed E-state index contributed by atoms with van der Waals surface area (Å²) in [5, 5.41) is 3.99. The van der Waals surface area contributed by atoms with E-state index >= 15 is 0 Å². The van der Waals surface area contributed by atoms with E-state index in [9.17, 15) is 0 Å². The second-order valence-corrected chi connectivity index (χ2v) is 6.27. The molecule has 114 valence electrons. The van der Waals surface area contributed by atoms with Gasteiger partial charge in [-0.25, -0.2) is 0 Å². The molecule has 0 radical (unpaired) electrons. The lowest BCUT2D eigenvalue weighted by Crippen LogP contribution is -2.66. The molecule has 2 saturated heterocycles. The Labute approximate surface area is 121 Å². The molecule has 0 aromatic carbocycles. The number of hydrogen-bond acceptors (Lipinski definition) is 6. The zero-order chi connectivity index (χ0) is 14.9. The van der Waals surface area contributed by atoms with Crippen molar-refractivity contribution in [2.24, 2.45) is 11.0 Å². The lowest BCUT2D eigenvalue weighted by Gasteiger charge is -2.53. The summed E-state index contributed by atoms with van der Waals surface area (Å²) in [5.41, 5.74) is 8.79. The highest BCUT2D eigenvalue weighted by atomic mass is 15.6. The van der Waals surface area contributed by atoms with Gasteiger partial charge >= 0.3 is 0 Å². The summed E-state index contributed by atoms with van der Waals surface area (Å²) in [5.74, 6) is 0.259. The van der Waals surface area contributed by atoms with Crippen LogP contribution < -0.4 is 0 Å². The SMILES string of the molecule is CC1C(N=[N+]=[N-])N(C)CN(C)C1N1CN(C)CN(C)C1. The molecule has 0 spiro atoms. The van der Waals surface area contributed by atoms with Crippen LogP contribution in [0, 0.1) is 5.92 Å². The molecule has 3 unspecified atom stereocenters. The zero-order valence-corrected chi connectivity index (χ0v) is 13.1. The summed E-state index contributed by atoms with van der Waals surface area (Å²) in [7, 11) is 8.41. The fraction of sp³-hybridized carbons (Fsp3) is 1.00. The van der Waals surface area contributed by atoms with E-state index in [1.807, 2.05) is 7.05 Å². The molecule has 0 amide bonds. The van der Waals surface area contributed by atoms with Crippen molar-refractivity contribution in [1.29, 1.82) is 0 Å². The first-order chi connectivity index (χ1) is 9.43. The van der Waals surface area contributed by atoms with Crippen LogP contribution in [-0.2, 0) is 0 Å². The van der Waals surface area contributed by atoms with Gasteiger partial charge in [0.15, 0.2) is 0 Å². The van der Waals surface area contributed by atoms with Gasteiger partial charge in [-0.05, 0) is 33.7 Å². The monoisotopic (exact) mass is 282 g/mol. The summed E-state index contributed by atoms with van der Waals surface area (Å²) >= 11 is 0. The Morgan fingerprint density at radius 3 is 2.10 bits per heavy atom. The highest BCUT2D eigenvalue weighted by Crippen LogP contribution is 2.28. The van der Waals surface area contributed by atoms with Gasteiger partial charge < -0.3 is 0 Å². The molecule has 2 heterocycles. The van der Waals surface area contributed by atoms with Crippen molar-refractivity contribution in [3.05, 3.63) is 10.4 Å². The molecule has 2 rings (SSSR count). The van der Waals surface area contributed by atoms with E-state index in [-0.39, 0.29) is 18.2 Å². The van der Waals surface area contributed by atoms with Crippen LogP contribution in [0.3, 0.4) is 0 Å². The van der Waals surface area contributed by atoms with Crippen LogP contribution in [0.2, 0.25) is 0 Å². The van der Waals surface area contributed by atoms with Gasteiger partial charge in [-0.15, -0.1) is 0 Å². The maximum Gasteiger partial charge on any atom is 0.0948 e. The van der Waals surface area contributed by atoms with E-state index < -0.39 is 0 Å². The minimum Gasteiger partial charge on any atom is -0.285 e. The summed E-state index contributed by atoms with van der Waals surface area (Å²) in [6.45, 7) is 5.85. The Bertz CT molecular complexity index is 372. The minimum atomic E-state index is -0.0845. The smallest absolute Gasteiger partial charge is 0.0948 e. The van der Waals surface area contributed by atoms with Crippen LogP contribution in [0.15, 0.2) is 5.11 Å². The Morgan fingerprint density at radius 2 is 1.55 bits per heavy atom. The molecule has 0 aromatic rings. The van der Waals surface area contributed by atoms with Gasteiger partial charge in [0.05, 0.1) is 39.0 Å². The number of azide groups is 1. The lowest BCUT2D eigenvalue weighted by atomic mass is 9.99. The summed E-state index contributed by atoms with van der Waals surface area (Å²) in [6.07, 6.45) is 0.200. The normalized spacial score (nSPS) is 36.0. The topological polar surface area (TPSA) is 65.0 Å². The van der Waals surface area contributed by atoms with Crippen LogP contribution >= 0.6 is 0 Å². The maximum atomic E-state index is 8.79. The van der Waals surface area contributed by atoms with E-state index in [4.69, 9.17) is 5.53 Å². The van der Waals surface area contributed by atoms with E-state index in [0.29, 0.717) is 0 Å². The highest BCUT2D eigenvalue weighted by Gasteiger charge is 2.40. The molecule has 0 bridgehead atoms. The van der Waals surface area contributed by atoms with Gasteiger partial charge in [-0.3, -0.25) is 24.5 Å². The molecule has 2 aliphatic rings. The first kappa shape index (κ1) is 15.5. The molecule has 20 heavy (non-hydrogen) atoms. The van der Waals surface area contributed by atoms with Gasteiger partial charge in [-0.1, -0.05) is 12.0 Å². The van der Waals surface area contributed by atoms with Crippen LogP contribution in [-0.4, -0.2) is 91.7 Å². The van der Waals surface area contributed by atoms with Gasteiger partial charge in [0.1, 0.15) is 0 Å². The van der Waals surface area contributed by atoms with Crippen molar-refractivity contribution in [2.75, 3.05) is 54.9 Å². The largest absolute Gasteiger partial charge is 0.285 e. The van der Waals surface area contributed by atoms with Crippen molar-refractivity contribution in [2.45, 2.75) is 19.3 Å². The molecule has 3 atom stereocenters. The van der Waals surface area contributed by atoms with Gasteiger partial charge in [-0.2, -0.15) is 0 Å². The fourth-order valence-electron chi connectivity index (χ4n) is 3.67. The molecule has 2 aliphatic heterocycles. The molecule has 8 heteroatoms. The average molecular weight is 282 g/mol. The van der Waals surface area contributed by atoms with Crippen LogP contribution in [0.5, 0.6) is 0 Å². The van der Waals surface area contributed by atoms with E-state index in [1.165, 1.54) is 0 Å². The molecular weight excluding hydrogens is 256 g/mol. The third-order valence-electron chi connectivity index (χ3n) is 4.16. The Morgan fingerprint density at radius 1 is 0.950 bits per heavy atom. The van der Waals surface area contributed by atoms with Crippen molar-refractivity contribution >= 4 is 0 Å². The highest BCUT2D eigenvalue weighted by molar-refractivity contribution is 4.89. The summed E-state index contributed by atoms with van der Waals surface area (Å²) in [6, 6.07) is 0. The van der Waals surface area contributed by atoms with E-state index in [1.54, 1.807) is 0 Å². The van der Waals surface area contributed by atoms with Crippen LogP contribution in [0.25, 0.3) is 10.4 Å². The third-order valence-corrected chi connectivity index (χ3v) is 4.16. The molecule has 0 aliphatic carbocycles. The standard InChI is InChI=1S/C12H26N8/c1-10-11(14-15-13)18(4)9-19(5)12(10)20-7-16(2)6-17(3)8-20/h10-12H,6-9H2,1-5H3. The quantitative estimate of drug-likeness (QED) is 0.418. The second-order valence-electron chi connectivity index (χ2n) is 6.27. The Balaban J connectivity index is 2.17. The van der Waals surface area contributed by atoms with E-state index in [0.717, 1.165) is 26.7 Å². The lowest BCUT2D eigenvalue weighted by molar-refractivity contribution is -0.131. The molecule has 2 fully saturated rings.